The van der Waals surface area contributed by atoms with Gasteiger partial charge in [-0.15, -0.1) is 0 Å². The molecule has 3 rings (SSSR count). The first kappa shape index (κ1) is 17.9. The van der Waals surface area contributed by atoms with Gasteiger partial charge >= 0.3 is 0 Å². The minimum Gasteiger partial charge on any atom is -0.497 e. The highest BCUT2D eigenvalue weighted by atomic mass is 16.5. The molecule has 0 radical (unpaired) electrons. The predicted molar refractivity (Wildman–Crippen MR) is 97.6 cm³/mol. The monoisotopic (exact) mass is 342 g/mol. The number of benzene rings is 2. The Morgan fingerprint density at radius 2 is 2.08 bits per heavy atom. The maximum Gasteiger partial charge on any atom is 0.126 e. The molecule has 0 unspecified atom stereocenters. The highest BCUT2D eigenvalue weighted by molar-refractivity contribution is 5.31. The Bertz CT molecular complexity index is 674. The normalized spacial score (nSPS) is 17.8. The summed E-state index contributed by atoms with van der Waals surface area (Å²) in [5.74, 6) is 0.866. The molecule has 4 nitrogen and oxygen atoms in total. The van der Waals surface area contributed by atoms with Crippen LogP contribution in [0.15, 0.2) is 48.5 Å². The van der Waals surface area contributed by atoms with E-state index < -0.39 is 6.10 Å². The van der Waals surface area contributed by atoms with Crippen LogP contribution in [0.25, 0.3) is 0 Å². The van der Waals surface area contributed by atoms with E-state index >= 15 is 0 Å². The standard InChI is InChI=1S/C21H27NO3/c1-24-19-9-4-6-16(12-19)13-22-14-18(23)15-25-21-11-5-8-17-7-2-3-10-20(17)21/h2-4,6-7,9-10,12,18,21-23H,5,8,11,13-15H2,1H3/p+1/t18-,21-/m1/s1. The van der Waals surface area contributed by atoms with Crippen LogP contribution < -0.4 is 10.1 Å². The maximum atomic E-state index is 10.2. The molecule has 134 valence electrons. The van der Waals surface area contributed by atoms with Gasteiger partial charge in [-0.3, -0.25) is 0 Å². The zero-order valence-corrected chi connectivity index (χ0v) is 14.9. The van der Waals surface area contributed by atoms with Gasteiger partial charge in [-0.25, -0.2) is 0 Å². The van der Waals surface area contributed by atoms with Crippen molar-refractivity contribution < 1.29 is 19.9 Å². The SMILES string of the molecule is COc1cccc(C[NH2+]C[C@@H](O)CO[C@@H]2CCCc3ccccc32)c1. The number of hydrogen-bond acceptors (Lipinski definition) is 3. The third-order valence-corrected chi connectivity index (χ3v) is 4.76. The van der Waals surface area contributed by atoms with Crippen molar-refractivity contribution in [2.45, 2.75) is 38.0 Å². The van der Waals surface area contributed by atoms with Gasteiger partial charge < -0.3 is 19.9 Å². The van der Waals surface area contributed by atoms with Crippen LogP contribution in [-0.4, -0.2) is 31.5 Å². The molecule has 0 spiro atoms. The molecule has 0 fully saturated rings. The summed E-state index contributed by atoms with van der Waals surface area (Å²) in [4.78, 5) is 0. The van der Waals surface area contributed by atoms with Gasteiger partial charge in [0.1, 0.15) is 24.9 Å². The summed E-state index contributed by atoms with van der Waals surface area (Å²) in [6.07, 6.45) is 2.99. The highest BCUT2D eigenvalue weighted by Crippen LogP contribution is 2.32. The van der Waals surface area contributed by atoms with E-state index in [0.29, 0.717) is 13.2 Å². The number of methoxy groups -OCH3 is 1. The van der Waals surface area contributed by atoms with Crippen molar-refractivity contribution in [3.63, 3.8) is 0 Å². The van der Waals surface area contributed by atoms with E-state index in [1.165, 1.54) is 16.7 Å². The van der Waals surface area contributed by atoms with E-state index in [9.17, 15) is 5.11 Å². The number of quaternary nitrogens is 1. The smallest absolute Gasteiger partial charge is 0.126 e. The van der Waals surface area contributed by atoms with Crippen LogP contribution >= 0.6 is 0 Å². The first-order valence-corrected chi connectivity index (χ1v) is 9.08. The summed E-state index contributed by atoms with van der Waals surface area (Å²) in [6, 6.07) is 16.5. The zero-order valence-electron chi connectivity index (χ0n) is 14.9. The van der Waals surface area contributed by atoms with Gasteiger partial charge in [0.05, 0.1) is 19.8 Å². The molecule has 0 amide bonds. The minimum atomic E-state index is -0.459. The van der Waals surface area contributed by atoms with Gasteiger partial charge in [0.25, 0.3) is 0 Å². The number of aliphatic hydroxyl groups is 1. The summed E-state index contributed by atoms with van der Waals surface area (Å²) >= 11 is 0. The van der Waals surface area contributed by atoms with E-state index in [1.54, 1.807) is 7.11 Å². The van der Waals surface area contributed by atoms with Crippen molar-refractivity contribution in [1.29, 1.82) is 0 Å². The van der Waals surface area contributed by atoms with Gasteiger partial charge in [-0.1, -0.05) is 36.4 Å². The Labute approximate surface area is 149 Å². The van der Waals surface area contributed by atoms with Crippen LogP contribution in [0.5, 0.6) is 5.75 Å². The molecule has 0 heterocycles. The highest BCUT2D eigenvalue weighted by Gasteiger charge is 2.21. The first-order valence-electron chi connectivity index (χ1n) is 9.08. The predicted octanol–water partition coefficient (Wildman–Crippen LogP) is 2.21. The molecule has 0 aliphatic heterocycles. The Hall–Kier alpha value is -1.88. The molecule has 2 atom stereocenters. The second-order valence-corrected chi connectivity index (χ2v) is 6.65. The second-order valence-electron chi connectivity index (χ2n) is 6.65. The lowest BCUT2D eigenvalue weighted by Crippen LogP contribution is -2.85. The molecule has 0 aromatic heterocycles. The number of fused-ring (bicyclic) bond motifs is 1. The van der Waals surface area contributed by atoms with Gasteiger partial charge in [0.15, 0.2) is 0 Å². The van der Waals surface area contributed by atoms with Crippen molar-refractivity contribution in [3.8, 4) is 5.75 Å². The van der Waals surface area contributed by atoms with Crippen LogP contribution in [0.1, 0.15) is 35.6 Å². The summed E-state index contributed by atoms with van der Waals surface area (Å²) in [7, 11) is 1.67. The van der Waals surface area contributed by atoms with E-state index in [0.717, 1.165) is 31.6 Å². The van der Waals surface area contributed by atoms with Crippen LogP contribution in [0.2, 0.25) is 0 Å². The average molecular weight is 342 g/mol. The largest absolute Gasteiger partial charge is 0.497 e. The Morgan fingerprint density at radius 1 is 1.20 bits per heavy atom. The molecule has 0 bridgehead atoms. The van der Waals surface area contributed by atoms with E-state index in [-0.39, 0.29) is 6.10 Å². The van der Waals surface area contributed by atoms with Crippen LogP contribution in [0.3, 0.4) is 0 Å². The van der Waals surface area contributed by atoms with Crippen LogP contribution in [0, 0.1) is 0 Å². The minimum absolute atomic E-state index is 0.123. The van der Waals surface area contributed by atoms with Gasteiger partial charge in [-0.05, 0) is 42.5 Å². The molecule has 1 aliphatic carbocycles. The number of aliphatic hydroxyl groups excluding tert-OH is 1. The lowest BCUT2D eigenvalue weighted by Gasteiger charge is -2.26. The van der Waals surface area contributed by atoms with Gasteiger partial charge in [0.2, 0.25) is 0 Å². The quantitative estimate of drug-likeness (QED) is 0.773. The molecule has 0 saturated heterocycles. The molecular weight excluding hydrogens is 314 g/mol. The van der Waals surface area contributed by atoms with Crippen molar-refractivity contribution >= 4 is 0 Å². The molecule has 2 aromatic rings. The molecule has 1 aliphatic rings. The zero-order chi connectivity index (χ0) is 17.5. The average Bonchev–Trinajstić information content (AvgIpc) is 2.66. The van der Waals surface area contributed by atoms with Crippen molar-refractivity contribution in [2.24, 2.45) is 0 Å². The van der Waals surface area contributed by atoms with Crippen LogP contribution in [0.4, 0.5) is 0 Å². The van der Waals surface area contributed by atoms with Crippen molar-refractivity contribution in [3.05, 3.63) is 65.2 Å². The molecule has 4 heteroatoms. The third kappa shape index (κ3) is 5.05. The Morgan fingerprint density at radius 3 is 2.96 bits per heavy atom. The Kier molecular flexibility index (Phi) is 6.45. The summed E-state index contributed by atoms with van der Waals surface area (Å²) < 4.78 is 11.3. The number of aryl methyl sites for hydroxylation is 1. The molecule has 0 saturated carbocycles. The van der Waals surface area contributed by atoms with E-state index in [2.05, 4.69) is 35.6 Å². The van der Waals surface area contributed by atoms with Gasteiger partial charge in [-0.2, -0.15) is 0 Å². The van der Waals surface area contributed by atoms with Crippen LogP contribution in [-0.2, 0) is 17.7 Å². The maximum absolute atomic E-state index is 10.2. The fourth-order valence-corrected chi connectivity index (χ4v) is 3.42. The summed E-state index contributed by atoms with van der Waals surface area (Å²) in [5, 5.41) is 12.3. The number of hydrogen-bond donors (Lipinski definition) is 2. The topological polar surface area (TPSA) is 55.3 Å². The summed E-state index contributed by atoms with van der Waals surface area (Å²) in [6.45, 7) is 1.83. The van der Waals surface area contributed by atoms with Crippen molar-refractivity contribution in [1.82, 2.24) is 0 Å². The fraction of sp³-hybridized carbons (Fsp3) is 0.429. The van der Waals surface area contributed by atoms with E-state index in [1.807, 2.05) is 18.2 Å². The van der Waals surface area contributed by atoms with Gasteiger partial charge in [0, 0.05) is 5.56 Å². The third-order valence-electron chi connectivity index (χ3n) is 4.76. The second kappa shape index (κ2) is 8.99. The lowest BCUT2D eigenvalue weighted by atomic mass is 9.89. The fourth-order valence-electron chi connectivity index (χ4n) is 3.42. The number of rotatable bonds is 8. The molecule has 25 heavy (non-hydrogen) atoms. The Balaban J connectivity index is 1.42. The molecule has 3 N–H and O–H groups in total. The summed E-state index contributed by atoms with van der Waals surface area (Å²) in [5.41, 5.74) is 3.87. The molecular formula is C21H28NO3+. The number of nitrogens with two attached hydrogens (primary N) is 1. The first-order chi connectivity index (χ1) is 12.3. The lowest BCUT2D eigenvalue weighted by molar-refractivity contribution is -0.676. The number of ether oxygens (including phenoxy) is 2. The van der Waals surface area contributed by atoms with E-state index in [4.69, 9.17) is 9.47 Å². The molecule has 2 aromatic carbocycles. The van der Waals surface area contributed by atoms with Crippen molar-refractivity contribution in [2.75, 3.05) is 20.3 Å².